The second-order valence-corrected chi connectivity index (χ2v) is 4.75. The minimum Gasteiger partial charge on any atom is -0.278 e. The standard InChI is InChI=1S/C14H17F3N2/c15-14(16,17)12-9-5-6-10-13(12)19-18-11-7-3-1-2-4-8-11/h5-6,9-10,19H,1-4,7-8H2. The first-order valence-electron chi connectivity index (χ1n) is 6.55. The molecule has 0 aliphatic heterocycles. The highest BCUT2D eigenvalue weighted by Crippen LogP contribution is 2.34. The maximum atomic E-state index is 12.8. The van der Waals surface area contributed by atoms with Crippen LogP contribution >= 0.6 is 0 Å². The lowest BCUT2D eigenvalue weighted by atomic mass is 10.1. The van der Waals surface area contributed by atoms with Crippen LogP contribution in [0.4, 0.5) is 18.9 Å². The summed E-state index contributed by atoms with van der Waals surface area (Å²) in [4.78, 5) is 0. The van der Waals surface area contributed by atoms with E-state index in [-0.39, 0.29) is 5.69 Å². The number of hydrogen-bond acceptors (Lipinski definition) is 2. The summed E-state index contributed by atoms with van der Waals surface area (Å²) in [5.74, 6) is 0. The van der Waals surface area contributed by atoms with Crippen molar-refractivity contribution in [1.29, 1.82) is 0 Å². The van der Waals surface area contributed by atoms with Gasteiger partial charge in [0.1, 0.15) is 0 Å². The molecule has 1 N–H and O–H groups in total. The molecule has 5 heteroatoms. The van der Waals surface area contributed by atoms with Gasteiger partial charge in [0.2, 0.25) is 0 Å². The third-order valence-electron chi connectivity index (χ3n) is 3.25. The van der Waals surface area contributed by atoms with Gasteiger partial charge in [-0.3, -0.25) is 5.43 Å². The van der Waals surface area contributed by atoms with Gasteiger partial charge in [0, 0.05) is 5.71 Å². The summed E-state index contributed by atoms with van der Waals surface area (Å²) in [5.41, 5.74) is 2.90. The van der Waals surface area contributed by atoms with Gasteiger partial charge in [0.15, 0.2) is 0 Å². The van der Waals surface area contributed by atoms with Crippen molar-refractivity contribution in [1.82, 2.24) is 0 Å². The molecule has 0 atom stereocenters. The fraction of sp³-hybridized carbons (Fsp3) is 0.500. The Morgan fingerprint density at radius 1 is 0.947 bits per heavy atom. The van der Waals surface area contributed by atoms with Crippen molar-refractivity contribution in [2.45, 2.75) is 44.7 Å². The Labute approximate surface area is 110 Å². The van der Waals surface area contributed by atoms with Crippen LogP contribution in [0.25, 0.3) is 0 Å². The van der Waals surface area contributed by atoms with Gasteiger partial charge in [-0.15, -0.1) is 0 Å². The predicted molar refractivity (Wildman–Crippen MR) is 70.2 cm³/mol. The zero-order valence-corrected chi connectivity index (χ0v) is 10.6. The van der Waals surface area contributed by atoms with Gasteiger partial charge in [-0.2, -0.15) is 18.3 Å². The van der Waals surface area contributed by atoms with Gasteiger partial charge in [-0.05, 0) is 37.8 Å². The summed E-state index contributed by atoms with van der Waals surface area (Å²) in [7, 11) is 0. The molecule has 0 aromatic heterocycles. The van der Waals surface area contributed by atoms with Gasteiger partial charge in [0.25, 0.3) is 0 Å². The summed E-state index contributed by atoms with van der Waals surface area (Å²) in [6, 6.07) is 5.43. The van der Waals surface area contributed by atoms with Crippen molar-refractivity contribution >= 4 is 11.4 Å². The molecule has 104 valence electrons. The molecule has 0 amide bonds. The van der Waals surface area contributed by atoms with Gasteiger partial charge in [0.05, 0.1) is 11.3 Å². The Morgan fingerprint density at radius 2 is 1.58 bits per heavy atom. The highest BCUT2D eigenvalue weighted by Gasteiger charge is 2.33. The molecule has 0 bridgehead atoms. The molecular formula is C14H17F3N2. The van der Waals surface area contributed by atoms with Gasteiger partial charge < -0.3 is 0 Å². The molecule has 0 saturated heterocycles. The monoisotopic (exact) mass is 270 g/mol. The zero-order valence-electron chi connectivity index (χ0n) is 10.6. The van der Waals surface area contributed by atoms with Gasteiger partial charge >= 0.3 is 6.18 Å². The number of nitrogens with zero attached hydrogens (tertiary/aromatic N) is 1. The number of anilines is 1. The molecule has 19 heavy (non-hydrogen) atoms. The quantitative estimate of drug-likeness (QED) is 0.604. The smallest absolute Gasteiger partial charge is 0.278 e. The van der Waals surface area contributed by atoms with E-state index in [1.807, 2.05) is 0 Å². The number of rotatable bonds is 2. The lowest BCUT2D eigenvalue weighted by Gasteiger charge is -2.12. The largest absolute Gasteiger partial charge is 0.418 e. The van der Waals surface area contributed by atoms with E-state index in [2.05, 4.69) is 10.5 Å². The van der Waals surface area contributed by atoms with E-state index in [1.54, 1.807) is 6.07 Å². The fourth-order valence-electron chi connectivity index (χ4n) is 2.22. The van der Waals surface area contributed by atoms with E-state index in [1.165, 1.54) is 25.0 Å². The van der Waals surface area contributed by atoms with E-state index >= 15 is 0 Å². The normalized spacial score (nSPS) is 16.9. The molecule has 1 saturated carbocycles. The maximum Gasteiger partial charge on any atom is 0.418 e. The Balaban J connectivity index is 2.12. The SMILES string of the molecule is FC(F)(F)c1ccccc1NN=C1CCCCCC1. The highest BCUT2D eigenvalue weighted by molar-refractivity contribution is 5.85. The minimum absolute atomic E-state index is 0.0201. The molecule has 1 fully saturated rings. The number of hydrogen-bond donors (Lipinski definition) is 1. The van der Waals surface area contributed by atoms with E-state index in [9.17, 15) is 13.2 Å². The lowest BCUT2D eigenvalue weighted by Crippen LogP contribution is -2.09. The van der Waals surface area contributed by atoms with Crippen molar-refractivity contribution in [3.8, 4) is 0 Å². The van der Waals surface area contributed by atoms with Crippen molar-refractivity contribution in [3.05, 3.63) is 29.8 Å². The zero-order chi connectivity index (χ0) is 13.7. The van der Waals surface area contributed by atoms with E-state index < -0.39 is 11.7 Å². The lowest BCUT2D eigenvalue weighted by molar-refractivity contribution is -0.136. The third-order valence-corrected chi connectivity index (χ3v) is 3.25. The van der Waals surface area contributed by atoms with Crippen LogP contribution in [0.5, 0.6) is 0 Å². The Morgan fingerprint density at radius 3 is 2.21 bits per heavy atom. The second kappa shape index (κ2) is 6.08. The van der Waals surface area contributed by atoms with Gasteiger partial charge in [-0.1, -0.05) is 25.0 Å². The minimum atomic E-state index is -4.35. The number of alkyl halides is 3. The maximum absolute atomic E-state index is 12.8. The number of halogens is 3. The van der Waals surface area contributed by atoms with E-state index in [0.29, 0.717) is 0 Å². The molecule has 1 aliphatic carbocycles. The molecule has 1 aliphatic rings. The number of nitrogens with one attached hydrogen (secondary N) is 1. The summed E-state index contributed by atoms with van der Waals surface area (Å²) in [5, 5.41) is 4.15. The first-order valence-corrected chi connectivity index (χ1v) is 6.55. The molecule has 1 aromatic carbocycles. The third kappa shape index (κ3) is 3.98. The topological polar surface area (TPSA) is 24.4 Å². The number of benzene rings is 1. The molecule has 0 heterocycles. The summed E-state index contributed by atoms with van der Waals surface area (Å²) in [6.07, 6.45) is 1.90. The van der Waals surface area contributed by atoms with Crippen LogP contribution in [0.1, 0.15) is 44.1 Å². The number of hydrazone groups is 1. The average Bonchev–Trinajstić information content (AvgIpc) is 2.64. The fourth-order valence-corrected chi connectivity index (χ4v) is 2.22. The number of para-hydroxylation sites is 1. The van der Waals surface area contributed by atoms with Crippen molar-refractivity contribution in [2.24, 2.45) is 5.10 Å². The van der Waals surface area contributed by atoms with Crippen LogP contribution in [-0.4, -0.2) is 5.71 Å². The Hall–Kier alpha value is -1.52. The average molecular weight is 270 g/mol. The van der Waals surface area contributed by atoms with Crippen LogP contribution in [0.2, 0.25) is 0 Å². The van der Waals surface area contributed by atoms with Crippen molar-refractivity contribution in [2.75, 3.05) is 5.43 Å². The van der Waals surface area contributed by atoms with Crippen LogP contribution in [0.15, 0.2) is 29.4 Å². The summed E-state index contributed by atoms with van der Waals surface area (Å²) in [6.45, 7) is 0. The molecule has 0 spiro atoms. The van der Waals surface area contributed by atoms with Crippen LogP contribution in [-0.2, 0) is 6.18 Å². The molecule has 2 nitrogen and oxygen atoms in total. The van der Waals surface area contributed by atoms with Crippen molar-refractivity contribution < 1.29 is 13.2 Å². The van der Waals surface area contributed by atoms with Crippen LogP contribution in [0, 0.1) is 0 Å². The first-order chi connectivity index (χ1) is 9.07. The summed E-state index contributed by atoms with van der Waals surface area (Å²) < 4.78 is 38.4. The second-order valence-electron chi connectivity index (χ2n) is 4.75. The highest BCUT2D eigenvalue weighted by atomic mass is 19.4. The van der Waals surface area contributed by atoms with Crippen LogP contribution < -0.4 is 5.43 Å². The Kier molecular flexibility index (Phi) is 4.45. The van der Waals surface area contributed by atoms with Crippen molar-refractivity contribution in [3.63, 3.8) is 0 Å². The molecule has 0 radical (unpaired) electrons. The molecule has 1 aromatic rings. The molecule has 0 unspecified atom stereocenters. The van der Waals surface area contributed by atoms with E-state index in [4.69, 9.17) is 0 Å². The van der Waals surface area contributed by atoms with E-state index in [0.717, 1.165) is 37.5 Å². The predicted octanol–water partition coefficient (Wildman–Crippen LogP) is 4.83. The Bertz CT molecular complexity index is 442. The van der Waals surface area contributed by atoms with Crippen LogP contribution in [0.3, 0.4) is 0 Å². The van der Waals surface area contributed by atoms with Gasteiger partial charge in [-0.25, -0.2) is 0 Å². The first kappa shape index (κ1) is 13.9. The summed E-state index contributed by atoms with van der Waals surface area (Å²) >= 11 is 0. The molecule has 2 rings (SSSR count). The molecular weight excluding hydrogens is 253 g/mol.